The van der Waals surface area contributed by atoms with Gasteiger partial charge >= 0.3 is 0 Å². The van der Waals surface area contributed by atoms with Crippen LogP contribution < -0.4 is 4.90 Å². The van der Waals surface area contributed by atoms with Crippen molar-refractivity contribution in [2.24, 2.45) is 0 Å². The van der Waals surface area contributed by atoms with Crippen LogP contribution >= 0.6 is 11.3 Å². The van der Waals surface area contributed by atoms with Crippen LogP contribution in [0, 0.1) is 13.8 Å². The highest BCUT2D eigenvalue weighted by Gasteiger charge is 2.28. The van der Waals surface area contributed by atoms with E-state index in [4.69, 9.17) is 9.97 Å². The summed E-state index contributed by atoms with van der Waals surface area (Å²) in [5.41, 5.74) is 3.18. The minimum Gasteiger partial charge on any atom is -0.352 e. The second-order valence-corrected chi connectivity index (χ2v) is 7.73. The third-order valence-electron chi connectivity index (χ3n) is 4.62. The molecule has 0 fully saturated rings. The lowest BCUT2D eigenvalue weighted by Crippen LogP contribution is -2.27. The Bertz CT molecular complexity index is 890. The van der Waals surface area contributed by atoms with E-state index in [2.05, 4.69) is 34.9 Å². The molecule has 0 unspecified atom stereocenters. The minimum absolute atomic E-state index is 0.339. The van der Waals surface area contributed by atoms with Crippen molar-refractivity contribution in [3.8, 4) is 11.4 Å². The van der Waals surface area contributed by atoms with Crippen LogP contribution in [0.15, 0.2) is 30.6 Å². The Balaban J connectivity index is 1.71. The molecule has 3 aromatic heterocycles. The van der Waals surface area contributed by atoms with Gasteiger partial charge in [0.15, 0.2) is 5.82 Å². The lowest BCUT2D eigenvalue weighted by Gasteiger charge is -2.31. The number of hydrogen-bond donors (Lipinski definition) is 0. The molecule has 128 valence electrons. The summed E-state index contributed by atoms with van der Waals surface area (Å²) >= 11 is 1.82. The summed E-state index contributed by atoms with van der Waals surface area (Å²) in [4.78, 5) is 22.0. The summed E-state index contributed by atoms with van der Waals surface area (Å²) in [6.07, 6.45) is 6.97. The molecule has 25 heavy (non-hydrogen) atoms. The van der Waals surface area contributed by atoms with Crippen LogP contribution in [0.1, 0.15) is 40.2 Å². The highest BCUT2D eigenvalue weighted by molar-refractivity contribution is 7.11. The molecule has 0 amide bonds. The minimum atomic E-state index is 0.339. The van der Waals surface area contributed by atoms with Crippen molar-refractivity contribution >= 4 is 17.2 Å². The molecular weight excluding hydrogens is 330 g/mol. The van der Waals surface area contributed by atoms with E-state index < -0.39 is 0 Å². The molecule has 1 aliphatic rings. The summed E-state index contributed by atoms with van der Waals surface area (Å²) in [5.74, 6) is 1.68. The number of thiazole rings is 1. The van der Waals surface area contributed by atoms with E-state index in [1.807, 2.05) is 36.6 Å². The summed E-state index contributed by atoms with van der Waals surface area (Å²) in [7, 11) is 2.13. The van der Waals surface area contributed by atoms with Gasteiger partial charge in [0.25, 0.3) is 0 Å². The molecule has 0 radical (unpaired) electrons. The molecule has 0 saturated carbocycles. The number of fused-ring (bicyclic) bond motifs is 1. The van der Waals surface area contributed by atoms with E-state index in [0.29, 0.717) is 6.04 Å². The van der Waals surface area contributed by atoms with Gasteiger partial charge in [0.1, 0.15) is 5.82 Å². The molecule has 0 spiro atoms. The molecular formula is C19H21N5S. The zero-order valence-electron chi connectivity index (χ0n) is 14.7. The van der Waals surface area contributed by atoms with Gasteiger partial charge in [0.05, 0.1) is 21.6 Å². The Morgan fingerprint density at radius 2 is 2.08 bits per heavy atom. The molecule has 0 aromatic carbocycles. The maximum absolute atomic E-state index is 4.82. The number of aromatic nitrogens is 4. The number of pyridine rings is 1. The van der Waals surface area contributed by atoms with Gasteiger partial charge in [-0.1, -0.05) is 0 Å². The Kier molecular flexibility index (Phi) is 4.21. The Morgan fingerprint density at radius 1 is 1.20 bits per heavy atom. The quantitative estimate of drug-likeness (QED) is 0.710. The summed E-state index contributed by atoms with van der Waals surface area (Å²) in [6, 6.07) is 6.31. The van der Waals surface area contributed by atoms with Crippen LogP contribution in [0.4, 0.5) is 5.82 Å². The molecule has 4 rings (SSSR count). The predicted molar refractivity (Wildman–Crippen MR) is 101 cm³/mol. The van der Waals surface area contributed by atoms with Crippen LogP contribution in [0.25, 0.3) is 11.4 Å². The van der Waals surface area contributed by atoms with E-state index in [-0.39, 0.29) is 0 Å². The smallest absolute Gasteiger partial charge is 0.163 e. The maximum Gasteiger partial charge on any atom is 0.163 e. The van der Waals surface area contributed by atoms with E-state index in [1.165, 1.54) is 17.0 Å². The standard InChI is InChI=1S/C19H21N5S/c1-12-10-17(23-19(21-12)14-6-5-9-20-11-14)24(3)16-8-4-7-15-18(16)25-13(2)22-15/h5-6,9-11,16H,4,7-8H2,1-3H3/t16-/m0/s1. The Morgan fingerprint density at radius 3 is 2.88 bits per heavy atom. The van der Waals surface area contributed by atoms with E-state index >= 15 is 0 Å². The Labute approximate surface area is 151 Å². The van der Waals surface area contributed by atoms with Gasteiger partial charge in [-0.25, -0.2) is 15.0 Å². The van der Waals surface area contributed by atoms with Crippen molar-refractivity contribution in [1.29, 1.82) is 0 Å². The van der Waals surface area contributed by atoms with Gasteiger partial charge in [0, 0.05) is 36.8 Å². The van der Waals surface area contributed by atoms with Gasteiger partial charge in [-0.05, 0) is 45.2 Å². The summed E-state index contributed by atoms with van der Waals surface area (Å²) in [6.45, 7) is 4.11. The second kappa shape index (κ2) is 6.52. The van der Waals surface area contributed by atoms with E-state index in [1.54, 1.807) is 6.20 Å². The average Bonchev–Trinajstić information content (AvgIpc) is 3.01. The second-order valence-electron chi connectivity index (χ2n) is 6.50. The third-order valence-corrected chi connectivity index (χ3v) is 5.73. The SMILES string of the molecule is Cc1cc(N(C)[C@H]2CCCc3nc(C)sc32)nc(-c2cccnc2)n1. The maximum atomic E-state index is 4.82. The molecule has 1 aliphatic carbocycles. The first-order chi connectivity index (χ1) is 12.1. The molecule has 3 aromatic rings. The van der Waals surface area contributed by atoms with Crippen molar-refractivity contribution in [3.63, 3.8) is 0 Å². The lowest BCUT2D eigenvalue weighted by molar-refractivity contribution is 0.545. The fraction of sp³-hybridized carbons (Fsp3) is 0.368. The molecule has 5 nitrogen and oxygen atoms in total. The fourth-order valence-corrected chi connectivity index (χ4v) is 4.56. The van der Waals surface area contributed by atoms with E-state index in [9.17, 15) is 0 Å². The molecule has 0 saturated heterocycles. The van der Waals surface area contributed by atoms with Crippen molar-refractivity contribution in [2.45, 2.75) is 39.2 Å². The predicted octanol–water partition coefficient (Wildman–Crippen LogP) is 4.13. The monoisotopic (exact) mass is 351 g/mol. The number of rotatable bonds is 3. The highest BCUT2D eigenvalue weighted by atomic mass is 32.1. The van der Waals surface area contributed by atoms with Crippen molar-refractivity contribution in [1.82, 2.24) is 19.9 Å². The first kappa shape index (κ1) is 16.1. The summed E-state index contributed by atoms with van der Waals surface area (Å²) < 4.78 is 0. The molecule has 0 aliphatic heterocycles. The topological polar surface area (TPSA) is 54.8 Å². The molecule has 3 heterocycles. The zero-order valence-corrected chi connectivity index (χ0v) is 15.5. The first-order valence-corrected chi connectivity index (χ1v) is 9.38. The third kappa shape index (κ3) is 3.14. The van der Waals surface area contributed by atoms with E-state index in [0.717, 1.165) is 40.7 Å². The van der Waals surface area contributed by atoms with Gasteiger partial charge in [-0.2, -0.15) is 0 Å². The normalized spacial score (nSPS) is 16.5. The number of aryl methyl sites for hydroxylation is 3. The van der Waals surface area contributed by atoms with Crippen molar-refractivity contribution in [3.05, 3.63) is 51.9 Å². The summed E-state index contributed by atoms with van der Waals surface area (Å²) in [5, 5.41) is 1.15. The number of hydrogen-bond acceptors (Lipinski definition) is 6. The van der Waals surface area contributed by atoms with Crippen molar-refractivity contribution in [2.75, 3.05) is 11.9 Å². The van der Waals surface area contributed by atoms with Crippen LogP contribution in [-0.2, 0) is 6.42 Å². The van der Waals surface area contributed by atoms with Crippen LogP contribution in [0.2, 0.25) is 0 Å². The number of nitrogens with zero attached hydrogens (tertiary/aromatic N) is 5. The zero-order chi connectivity index (χ0) is 17.4. The number of anilines is 1. The van der Waals surface area contributed by atoms with Gasteiger partial charge in [-0.15, -0.1) is 11.3 Å². The average molecular weight is 351 g/mol. The lowest BCUT2D eigenvalue weighted by atomic mass is 9.97. The molecule has 0 bridgehead atoms. The van der Waals surface area contributed by atoms with Crippen LogP contribution in [-0.4, -0.2) is 27.0 Å². The van der Waals surface area contributed by atoms with Gasteiger partial charge < -0.3 is 4.90 Å². The fourth-order valence-electron chi connectivity index (χ4n) is 3.41. The van der Waals surface area contributed by atoms with Crippen molar-refractivity contribution < 1.29 is 0 Å². The first-order valence-electron chi connectivity index (χ1n) is 8.57. The molecule has 0 N–H and O–H groups in total. The van der Waals surface area contributed by atoms with Gasteiger partial charge in [0.2, 0.25) is 0 Å². The largest absolute Gasteiger partial charge is 0.352 e. The molecule has 1 atom stereocenters. The molecule has 6 heteroatoms. The van der Waals surface area contributed by atoms with Crippen LogP contribution in [0.3, 0.4) is 0 Å². The Hall–Kier alpha value is -2.34. The van der Waals surface area contributed by atoms with Gasteiger partial charge in [-0.3, -0.25) is 4.98 Å². The van der Waals surface area contributed by atoms with Crippen LogP contribution in [0.5, 0.6) is 0 Å². The highest BCUT2D eigenvalue weighted by Crippen LogP contribution is 2.39.